The van der Waals surface area contributed by atoms with Gasteiger partial charge in [0.15, 0.2) is 35.0 Å². The van der Waals surface area contributed by atoms with E-state index in [9.17, 15) is 0 Å². The number of hydrogen-bond acceptors (Lipinski definition) is 10. The molecular formula is C38H38N10. The second-order valence-electron chi connectivity index (χ2n) is 15.8. The Bertz CT molecular complexity index is 2220. The number of benzene rings is 3. The van der Waals surface area contributed by atoms with Gasteiger partial charge in [-0.2, -0.15) is 15.0 Å². The lowest BCUT2D eigenvalue weighted by atomic mass is 9.85. The monoisotopic (exact) mass is 634 g/mol. The lowest BCUT2D eigenvalue weighted by Gasteiger charge is -2.20. The molecule has 0 fully saturated rings. The van der Waals surface area contributed by atoms with Crippen molar-refractivity contribution >= 4 is 46.9 Å². The third-order valence-electron chi connectivity index (χ3n) is 9.08. The van der Waals surface area contributed by atoms with E-state index in [1.54, 1.807) is 0 Å². The first-order valence-corrected chi connectivity index (χ1v) is 16.3. The minimum absolute atomic E-state index is 0.0648. The molecule has 0 radical (unpaired) electrons. The van der Waals surface area contributed by atoms with Crippen molar-refractivity contribution in [1.29, 1.82) is 0 Å². The van der Waals surface area contributed by atoms with Crippen LogP contribution in [-0.2, 0) is 16.2 Å². The van der Waals surface area contributed by atoms with Crippen LogP contribution in [0.1, 0.15) is 112 Å². The number of amidine groups is 6. The molecule has 10 nitrogen and oxygen atoms in total. The predicted octanol–water partition coefficient (Wildman–Crippen LogP) is 6.33. The highest BCUT2D eigenvalue weighted by Gasteiger charge is 2.32. The van der Waals surface area contributed by atoms with Crippen LogP contribution in [0.2, 0.25) is 0 Å². The van der Waals surface area contributed by atoms with Gasteiger partial charge in [-0.1, -0.05) is 98.7 Å². The summed E-state index contributed by atoms with van der Waals surface area (Å²) in [7, 11) is 0. The number of hydrazine groups is 1. The van der Waals surface area contributed by atoms with Crippen molar-refractivity contribution in [2.24, 2.45) is 39.9 Å². The SMILES string of the molecule is CC(C)(C)c1ccc2c(c1)C1=NC3=NC(=NC4=NC(=NC5=NC(=NC2=N1)c1cc(C(C)(C)C)ccc15)c1cc(C(C)(C)C)ccc14)NN3. The van der Waals surface area contributed by atoms with Gasteiger partial charge < -0.3 is 0 Å². The first-order valence-electron chi connectivity index (χ1n) is 16.3. The summed E-state index contributed by atoms with van der Waals surface area (Å²) < 4.78 is 0. The molecule has 5 aliphatic rings. The molecule has 5 heterocycles. The van der Waals surface area contributed by atoms with Gasteiger partial charge in [0.2, 0.25) is 11.9 Å². The summed E-state index contributed by atoms with van der Waals surface area (Å²) in [6, 6.07) is 19.1. The maximum Gasteiger partial charge on any atom is 0.247 e. The van der Waals surface area contributed by atoms with Crippen molar-refractivity contribution in [1.82, 2.24) is 10.9 Å². The van der Waals surface area contributed by atoms with Gasteiger partial charge in [0, 0.05) is 33.4 Å². The van der Waals surface area contributed by atoms with Crippen LogP contribution in [0.5, 0.6) is 0 Å². The number of rotatable bonds is 0. The first kappa shape index (κ1) is 30.0. The molecule has 48 heavy (non-hydrogen) atoms. The summed E-state index contributed by atoms with van der Waals surface area (Å²) in [6.45, 7) is 19.8. The normalized spacial score (nSPS) is 17.8. The van der Waals surface area contributed by atoms with Crippen LogP contribution in [0.15, 0.2) is 94.5 Å². The Kier molecular flexibility index (Phi) is 6.28. The van der Waals surface area contributed by atoms with Crippen LogP contribution in [0.25, 0.3) is 0 Å². The van der Waals surface area contributed by atoms with Crippen LogP contribution in [-0.4, -0.2) is 46.9 Å². The van der Waals surface area contributed by atoms with Crippen LogP contribution in [0.3, 0.4) is 0 Å². The lowest BCUT2D eigenvalue weighted by molar-refractivity contribution is 0.590. The van der Waals surface area contributed by atoms with Crippen molar-refractivity contribution in [3.63, 3.8) is 0 Å². The molecule has 0 unspecified atom stereocenters. The number of hydrogen-bond donors (Lipinski definition) is 2. The number of guanidine groups is 2. The van der Waals surface area contributed by atoms with E-state index in [4.69, 9.17) is 34.9 Å². The fraction of sp³-hybridized carbons (Fsp3) is 0.316. The van der Waals surface area contributed by atoms with Gasteiger partial charge in [0.25, 0.3) is 0 Å². The Labute approximate surface area is 280 Å². The van der Waals surface area contributed by atoms with E-state index in [-0.39, 0.29) is 16.2 Å². The highest BCUT2D eigenvalue weighted by molar-refractivity contribution is 6.33. The Morgan fingerprint density at radius 1 is 0.333 bits per heavy atom. The molecule has 0 amide bonds. The van der Waals surface area contributed by atoms with E-state index in [1.165, 1.54) is 16.7 Å². The van der Waals surface area contributed by atoms with E-state index >= 15 is 0 Å². The van der Waals surface area contributed by atoms with Crippen LogP contribution in [0.4, 0.5) is 0 Å². The first-order chi connectivity index (χ1) is 22.6. The largest absolute Gasteiger partial charge is 0.265 e. The van der Waals surface area contributed by atoms with Gasteiger partial charge in [0.1, 0.15) is 0 Å². The maximum atomic E-state index is 5.13. The molecule has 0 aliphatic carbocycles. The average Bonchev–Trinajstić information content (AvgIpc) is 3.77. The van der Waals surface area contributed by atoms with Crippen molar-refractivity contribution in [2.45, 2.75) is 78.6 Å². The van der Waals surface area contributed by atoms with Crippen molar-refractivity contribution < 1.29 is 0 Å². The molecule has 3 aromatic rings. The number of nitrogens with one attached hydrogen (secondary N) is 2. The number of aliphatic imine (C=N–C) groups is 8. The zero-order chi connectivity index (χ0) is 33.7. The van der Waals surface area contributed by atoms with Gasteiger partial charge in [0.05, 0.1) is 0 Å². The third kappa shape index (κ3) is 5.03. The molecule has 0 spiro atoms. The zero-order valence-electron chi connectivity index (χ0n) is 28.8. The van der Waals surface area contributed by atoms with Crippen LogP contribution < -0.4 is 10.9 Å². The van der Waals surface area contributed by atoms with Crippen LogP contribution >= 0.6 is 0 Å². The minimum atomic E-state index is -0.0715. The molecule has 240 valence electrons. The molecule has 5 aliphatic heterocycles. The molecule has 0 aromatic heterocycles. The summed E-state index contributed by atoms with van der Waals surface area (Å²) in [5, 5.41) is 0. The van der Waals surface area contributed by atoms with E-state index in [0.717, 1.165) is 33.4 Å². The number of nitrogens with zero attached hydrogens (tertiary/aromatic N) is 8. The van der Waals surface area contributed by atoms with E-state index in [1.807, 2.05) is 0 Å². The fourth-order valence-electron chi connectivity index (χ4n) is 6.12. The summed E-state index contributed by atoms with van der Waals surface area (Å²) in [5.41, 5.74) is 14.8. The lowest BCUT2D eigenvalue weighted by Crippen LogP contribution is -2.32. The Hall–Kier alpha value is -5.38. The minimum Gasteiger partial charge on any atom is -0.265 e. The second kappa shape index (κ2) is 10.1. The smallest absolute Gasteiger partial charge is 0.247 e. The van der Waals surface area contributed by atoms with Crippen molar-refractivity contribution in [3.05, 3.63) is 105 Å². The van der Waals surface area contributed by atoms with Crippen molar-refractivity contribution in [2.75, 3.05) is 0 Å². The molecule has 8 bridgehead atoms. The summed E-state index contributed by atoms with van der Waals surface area (Å²) in [6.07, 6.45) is 0. The quantitative estimate of drug-likeness (QED) is 0.300. The topological polar surface area (TPSA) is 123 Å². The second-order valence-corrected chi connectivity index (χ2v) is 15.8. The Morgan fingerprint density at radius 2 is 0.625 bits per heavy atom. The standard InChI is InChI=1S/C38H38N10/c1-36(2,3)19-10-13-22-25(16-19)31-39-28(22)40-32-26-17-20(37(4,5)6)12-15-24(26)30(43-32)44-34-46-35(48-47-34)45-33-27-18-21(38(7,8)9)11-14-23(27)29(41-31)42-33/h10-18H,1-9H3,(H2,39,40,41,42,43,44,45,46,47,48). The Morgan fingerprint density at radius 3 is 0.979 bits per heavy atom. The number of fused-ring (bicyclic) bond motifs is 13. The molecule has 0 atom stereocenters. The highest BCUT2D eigenvalue weighted by atomic mass is 15.5. The predicted molar refractivity (Wildman–Crippen MR) is 196 cm³/mol. The van der Waals surface area contributed by atoms with Gasteiger partial charge in [-0.15, -0.1) is 0 Å². The van der Waals surface area contributed by atoms with Gasteiger partial charge >= 0.3 is 0 Å². The van der Waals surface area contributed by atoms with E-state index < -0.39 is 0 Å². The van der Waals surface area contributed by atoms with Gasteiger partial charge in [-0.05, 0) is 51.1 Å². The fourth-order valence-corrected chi connectivity index (χ4v) is 6.12. The highest BCUT2D eigenvalue weighted by Crippen LogP contribution is 2.33. The van der Waals surface area contributed by atoms with E-state index in [2.05, 4.69) is 133 Å². The summed E-state index contributed by atoms with van der Waals surface area (Å²) >= 11 is 0. The molecule has 8 rings (SSSR count). The Balaban J connectivity index is 1.39. The zero-order valence-corrected chi connectivity index (χ0v) is 28.8. The molecule has 3 aromatic carbocycles. The summed E-state index contributed by atoms with van der Waals surface area (Å²) in [5.74, 6) is 3.90. The van der Waals surface area contributed by atoms with Gasteiger partial charge in [-0.3, -0.25) is 10.9 Å². The van der Waals surface area contributed by atoms with Crippen molar-refractivity contribution in [3.8, 4) is 0 Å². The van der Waals surface area contributed by atoms with Crippen LogP contribution in [0, 0.1) is 0 Å². The maximum absolute atomic E-state index is 5.13. The molecule has 2 N–H and O–H groups in total. The van der Waals surface area contributed by atoms with Gasteiger partial charge in [-0.25, -0.2) is 25.0 Å². The summed E-state index contributed by atoms with van der Waals surface area (Å²) in [4.78, 5) is 39.5. The third-order valence-corrected chi connectivity index (χ3v) is 9.08. The molecule has 0 saturated carbocycles. The average molecular weight is 635 g/mol. The molecule has 0 saturated heterocycles. The molecular weight excluding hydrogens is 596 g/mol. The van der Waals surface area contributed by atoms with E-state index in [0.29, 0.717) is 46.9 Å². The molecule has 10 heteroatoms.